The largest absolute Gasteiger partial charge is 0.335 e. The Morgan fingerprint density at radius 2 is 2.50 bits per heavy atom. The van der Waals surface area contributed by atoms with E-state index in [0.717, 1.165) is 24.1 Å². The maximum absolute atomic E-state index is 10.5. The zero-order valence-electron chi connectivity index (χ0n) is 7.32. The minimum absolute atomic E-state index is 0.746. The van der Waals surface area contributed by atoms with Crippen LogP contribution in [-0.2, 0) is 11.8 Å². The molecule has 0 amide bonds. The van der Waals surface area contributed by atoms with Gasteiger partial charge in [-0.2, -0.15) is 0 Å². The third kappa shape index (κ3) is 1.81. The topological polar surface area (TPSA) is 34.9 Å². The molecule has 0 saturated heterocycles. The first-order valence-electron chi connectivity index (χ1n) is 3.91. The average molecular weight is 164 g/mol. The third-order valence-electron chi connectivity index (χ3n) is 1.73. The molecule has 0 N–H and O–H groups in total. The van der Waals surface area contributed by atoms with Crippen molar-refractivity contribution >= 4 is 12.4 Å². The number of aldehydes is 1. The highest BCUT2D eigenvalue weighted by Gasteiger charge is 1.96. The first-order chi connectivity index (χ1) is 5.77. The molecular formula is C9H12N2O. The van der Waals surface area contributed by atoms with E-state index in [0.29, 0.717) is 0 Å². The highest BCUT2D eigenvalue weighted by molar-refractivity contribution is 5.80. The van der Waals surface area contributed by atoms with E-state index in [1.165, 1.54) is 0 Å². The van der Waals surface area contributed by atoms with E-state index in [2.05, 4.69) is 4.98 Å². The Balaban J connectivity index is 2.92. The summed E-state index contributed by atoms with van der Waals surface area (Å²) in [5.74, 6) is 0.818. The van der Waals surface area contributed by atoms with E-state index in [-0.39, 0.29) is 0 Å². The highest BCUT2D eigenvalue weighted by atomic mass is 16.1. The summed E-state index contributed by atoms with van der Waals surface area (Å²) in [5.41, 5.74) is 0.768. The predicted molar refractivity (Wildman–Crippen MR) is 47.5 cm³/mol. The van der Waals surface area contributed by atoms with Crippen molar-refractivity contribution in [2.75, 3.05) is 0 Å². The lowest BCUT2D eigenvalue weighted by molar-refractivity contribution is -0.104. The number of rotatable bonds is 3. The van der Waals surface area contributed by atoms with E-state index in [1.807, 2.05) is 24.7 Å². The Labute approximate surface area is 71.7 Å². The van der Waals surface area contributed by atoms with Gasteiger partial charge in [-0.15, -0.1) is 0 Å². The van der Waals surface area contributed by atoms with Crippen LogP contribution < -0.4 is 0 Å². The highest BCUT2D eigenvalue weighted by Crippen LogP contribution is 2.04. The second-order valence-electron chi connectivity index (χ2n) is 2.59. The molecule has 3 heteroatoms. The number of hydrogen-bond donors (Lipinski definition) is 0. The van der Waals surface area contributed by atoms with Crippen LogP contribution >= 0.6 is 0 Å². The molecule has 64 valence electrons. The van der Waals surface area contributed by atoms with Crippen LogP contribution in [-0.4, -0.2) is 15.8 Å². The summed E-state index contributed by atoms with van der Waals surface area (Å²) < 4.78 is 1.87. The SMILES string of the molecule is CC/C(C=O)=C/c1nccn1C. The first kappa shape index (κ1) is 8.71. The van der Waals surface area contributed by atoms with Crippen molar-refractivity contribution in [3.63, 3.8) is 0 Å². The minimum Gasteiger partial charge on any atom is -0.335 e. The molecule has 0 aromatic carbocycles. The number of hydrogen-bond acceptors (Lipinski definition) is 2. The Morgan fingerprint density at radius 3 is 2.92 bits per heavy atom. The fraction of sp³-hybridized carbons (Fsp3) is 0.333. The van der Waals surface area contributed by atoms with Gasteiger partial charge in [-0.25, -0.2) is 4.98 Å². The van der Waals surface area contributed by atoms with Gasteiger partial charge in [-0.3, -0.25) is 4.79 Å². The van der Waals surface area contributed by atoms with Crippen LogP contribution in [0.5, 0.6) is 0 Å². The molecule has 0 bridgehead atoms. The van der Waals surface area contributed by atoms with Crippen molar-refractivity contribution in [1.82, 2.24) is 9.55 Å². The molecule has 1 aromatic rings. The lowest BCUT2D eigenvalue weighted by Gasteiger charge is -1.95. The van der Waals surface area contributed by atoms with Gasteiger partial charge in [0, 0.05) is 19.4 Å². The van der Waals surface area contributed by atoms with Gasteiger partial charge in [0.2, 0.25) is 0 Å². The molecule has 0 fully saturated rings. The molecule has 0 spiro atoms. The molecule has 0 atom stereocenters. The Bertz CT molecular complexity index is 299. The van der Waals surface area contributed by atoms with Crippen molar-refractivity contribution in [3.8, 4) is 0 Å². The molecule has 1 heterocycles. The summed E-state index contributed by atoms with van der Waals surface area (Å²) in [5, 5.41) is 0. The van der Waals surface area contributed by atoms with Gasteiger partial charge >= 0.3 is 0 Å². The summed E-state index contributed by atoms with van der Waals surface area (Å²) in [6.07, 6.45) is 6.98. The van der Waals surface area contributed by atoms with Crippen LogP contribution in [0.25, 0.3) is 6.08 Å². The summed E-state index contributed by atoms with van der Waals surface area (Å²) in [7, 11) is 1.90. The van der Waals surface area contributed by atoms with E-state index < -0.39 is 0 Å². The summed E-state index contributed by atoms with van der Waals surface area (Å²) in [6.45, 7) is 1.95. The number of imidazole rings is 1. The van der Waals surface area contributed by atoms with Gasteiger partial charge in [-0.1, -0.05) is 6.92 Å². The van der Waals surface area contributed by atoms with Gasteiger partial charge in [-0.05, 0) is 18.1 Å². The molecule has 1 rings (SSSR count). The molecule has 0 unspecified atom stereocenters. The maximum atomic E-state index is 10.5. The Hall–Kier alpha value is -1.38. The fourth-order valence-electron chi connectivity index (χ4n) is 0.901. The summed E-state index contributed by atoms with van der Waals surface area (Å²) in [4.78, 5) is 14.5. The second-order valence-corrected chi connectivity index (χ2v) is 2.59. The summed E-state index contributed by atoms with van der Waals surface area (Å²) >= 11 is 0. The quantitative estimate of drug-likeness (QED) is 0.500. The first-order valence-corrected chi connectivity index (χ1v) is 3.91. The zero-order valence-corrected chi connectivity index (χ0v) is 7.32. The monoisotopic (exact) mass is 164 g/mol. The van der Waals surface area contributed by atoms with Gasteiger partial charge in [0.15, 0.2) is 0 Å². The number of nitrogens with zero attached hydrogens (tertiary/aromatic N) is 2. The smallest absolute Gasteiger partial charge is 0.146 e. The molecule has 0 radical (unpaired) electrons. The molecular weight excluding hydrogens is 152 g/mol. The standard InChI is InChI=1S/C9H12N2O/c1-3-8(7-12)6-9-10-4-5-11(9)2/h4-7H,3H2,1-2H3/b8-6-. The Kier molecular flexibility index (Phi) is 2.80. The van der Waals surface area contributed by atoms with Crippen molar-refractivity contribution < 1.29 is 4.79 Å². The van der Waals surface area contributed by atoms with Crippen LogP contribution in [0.15, 0.2) is 18.0 Å². The van der Waals surface area contributed by atoms with Gasteiger partial charge in [0.25, 0.3) is 0 Å². The normalized spacial score (nSPS) is 11.7. The van der Waals surface area contributed by atoms with Crippen molar-refractivity contribution in [3.05, 3.63) is 23.8 Å². The number of aryl methyl sites for hydroxylation is 1. The van der Waals surface area contributed by atoms with Crippen molar-refractivity contribution in [2.24, 2.45) is 7.05 Å². The molecule has 0 aliphatic heterocycles. The molecule has 0 aliphatic carbocycles. The number of carbonyl (C=O) groups excluding carboxylic acids is 1. The van der Waals surface area contributed by atoms with Crippen LogP contribution in [0, 0.1) is 0 Å². The number of aromatic nitrogens is 2. The zero-order chi connectivity index (χ0) is 8.97. The second kappa shape index (κ2) is 3.85. The van der Waals surface area contributed by atoms with Crippen molar-refractivity contribution in [2.45, 2.75) is 13.3 Å². The number of allylic oxidation sites excluding steroid dienone is 1. The predicted octanol–water partition coefficient (Wildman–Crippen LogP) is 1.41. The third-order valence-corrected chi connectivity index (χ3v) is 1.73. The van der Waals surface area contributed by atoms with Crippen LogP contribution in [0.2, 0.25) is 0 Å². The van der Waals surface area contributed by atoms with Gasteiger partial charge in [0.05, 0.1) is 0 Å². The van der Waals surface area contributed by atoms with Gasteiger partial charge < -0.3 is 4.57 Å². The van der Waals surface area contributed by atoms with E-state index in [4.69, 9.17) is 0 Å². The van der Waals surface area contributed by atoms with Crippen LogP contribution in [0.3, 0.4) is 0 Å². The van der Waals surface area contributed by atoms with E-state index in [9.17, 15) is 4.79 Å². The van der Waals surface area contributed by atoms with Crippen LogP contribution in [0.4, 0.5) is 0 Å². The molecule has 12 heavy (non-hydrogen) atoms. The molecule has 0 saturated carbocycles. The number of carbonyl (C=O) groups is 1. The van der Waals surface area contributed by atoms with E-state index in [1.54, 1.807) is 12.3 Å². The van der Waals surface area contributed by atoms with E-state index >= 15 is 0 Å². The fourth-order valence-corrected chi connectivity index (χ4v) is 0.901. The minimum atomic E-state index is 0.746. The average Bonchev–Trinajstić information content (AvgIpc) is 2.47. The lowest BCUT2D eigenvalue weighted by atomic mass is 10.2. The maximum Gasteiger partial charge on any atom is 0.146 e. The van der Waals surface area contributed by atoms with Gasteiger partial charge in [0.1, 0.15) is 12.1 Å². The Morgan fingerprint density at radius 1 is 1.75 bits per heavy atom. The molecule has 1 aromatic heterocycles. The molecule has 3 nitrogen and oxygen atoms in total. The lowest BCUT2D eigenvalue weighted by Crippen LogP contribution is -1.91. The molecule has 0 aliphatic rings. The summed E-state index contributed by atoms with van der Waals surface area (Å²) in [6, 6.07) is 0. The van der Waals surface area contributed by atoms with Crippen LogP contribution in [0.1, 0.15) is 19.2 Å². The van der Waals surface area contributed by atoms with Crippen molar-refractivity contribution in [1.29, 1.82) is 0 Å².